The normalized spacial score (nSPS) is 10.2. The van der Waals surface area contributed by atoms with Crippen LogP contribution in [0.15, 0.2) is 42.9 Å². The van der Waals surface area contributed by atoms with Gasteiger partial charge < -0.3 is 10.6 Å². The molecule has 0 aliphatic carbocycles. The lowest BCUT2D eigenvalue weighted by Crippen LogP contribution is -2.24. The molecular formula is C13H13IN4S. The van der Waals surface area contributed by atoms with Crippen LogP contribution in [0.2, 0.25) is 0 Å². The molecule has 0 aliphatic heterocycles. The number of rotatable bonds is 5. The molecule has 0 bridgehead atoms. The topological polar surface area (TPSA) is 55.0 Å². The van der Waals surface area contributed by atoms with Gasteiger partial charge in [0.15, 0.2) is 0 Å². The minimum atomic E-state index is 0.505. The highest BCUT2D eigenvalue weighted by molar-refractivity contribution is 14.1. The van der Waals surface area contributed by atoms with Gasteiger partial charge in [-0.05, 0) is 34.7 Å². The lowest BCUT2D eigenvalue weighted by atomic mass is 10.2. The van der Waals surface area contributed by atoms with Gasteiger partial charge in [-0.3, -0.25) is 0 Å². The van der Waals surface area contributed by atoms with Gasteiger partial charge in [0.05, 0.1) is 8.56 Å². The Morgan fingerprint density at radius 3 is 2.68 bits per heavy atom. The van der Waals surface area contributed by atoms with Crippen molar-refractivity contribution in [3.63, 3.8) is 0 Å². The molecule has 0 fully saturated rings. The number of thiocarbonyl (C=S) groups is 1. The second kappa shape index (κ2) is 6.76. The third-order valence-corrected chi connectivity index (χ3v) is 3.52. The van der Waals surface area contributed by atoms with Crippen LogP contribution in [0.3, 0.4) is 0 Å². The van der Waals surface area contributed by atoms with Gasteiger partial charge >= 0.3 is 0 Å². The van der Waals surface area contributed by atoms with E-state index in [-0.39, 0.29) is 0 Å². The Balaban J connectivity index is 2.35. The second-order valence-corrected chi connectivity index (χ2v) is 5.58. The molecule has 1 aromatic heterocycles. The van der Waals surface area contributed by atoms with E-state index in [0.717, 1.165) is 15.1 Å². The molecule has 0 unspecified atom stereocenters. The number of nitrogens with zero attached hydrogens (tertiary/aromatic N) is 3. The summed E-state index contributed by atoms with van der Waals surface area (Å²) in [6.45, 7) is 0.701. The average Bonchev–Trinajstić information content (AvgIpc) is 2.42. The Hall–Kier alpha value is -1.28. The number of hydrogen-bond acceptors (Lipinski definition) is 4. The summed E-state index contributed by atoms with van der Waals surface area (Å²) in [7, 11) is 0. The number of nitrogens with two attached hydrogens (primary N) is 1. The molecule has 0 spiro atoms. The number of para-hydroxylation sites is 1. The number of anilines is 2. The molecular weight excluding hydrogens is 371 g/mol. The van der Waals surface area contributed by atoms with Gasteiger partial charge in [-0.25, -0.2) is 9.97 Å². The standard InChI is InChI=1S/C13H13IN4S/c14-11-8-16-9-17-13(11)18(7-6-12(15)19)10-4-2-1-3-5-10/h1-5,8-9H,6-7H2,(H2,15,19). The lowest BCUT2D eigenvalue weighted by molar-refractivity contribution is 0.929. The predicted octanol–water partition coefficient (Wildman–Crippen LogP) is 2.90. The van der Waals surface area contributed by atoms with Crippen molar-refractivity contribution in [1.82, 2.24) is 9.97 Å². The Bertz CT molecular complexity index is 562. The maximum Gasteiger partial charge on any atom is 0.149 e. The van der Waals surface area contributed by atoms with E-state index in [1.54, 1.807) is 12.5 Å². The highest BCUT2D eigenvalue weighted by Gasteiger charge is 2.13. The molecule has 2 rings (SSSR count). The lowest BCUT2D eigenvalue weighted by Gasteiger charge is -2.24. The zero-order valence-corrected chi connectivity index (χ0v) is 13.1. The summed E-state index contributed by atoms with van der Waals surface area (Å²) < 4.78 is 0.992. The zero-order chi connectivity index (χ0) is 13.7. The summed E-state index contributed by atoms with van der Waals surface area (Å²) in [6, 6.07) is 10.1. The first-order valence-corrected chi connectivity index (χ1v) is 7.23. The first-order chi connectivity index (χ1) is 9.18. The molecule has 4 nitrogen and oxygen atoms in total. The van der Waals surface area contributed by atoms with E-state index < -0.39 is 0 Å². The second-order valence-electron chi connectivity index (χ2n) is 3.90. The van der Waals surface area contributed by atoms with E-state index >= 15 is 0 Å². The van der Waals surface area contributed by atoms with Crippen LogP contribution >= 0.6 is 34.8 Å². The van der Waals surface area contributed by atoms with Crippen molar-refractivity contribution < 1.29 is 0 Å². The molecule has 0 amide bonds. The van der Waals surface area contributed by atoms with E-state index in [0.29, 0.717) is 18.0 Å². The molecule has 0 saturated carbocycles. The van der Waals surface area contributed by atoms with Crippen molar-refractivity contribution in [3.8, 4) is 0 Å². The summed E-state index contributed by atoms with van der Waals surface area (Å²) in [4.78, 5) is 11.0. The highest BCUT2D eigenvalue weighted by atomic mass is 127. The monoisotopic (exact) mass is 384 g/mol. The smallest absolute Gasteiger partial charge is 0.149 e. The molecule has 0 atom stereocenters. The molecule has 6 heteroatoms. The van der Waals surface area contributed by atoms with Crippen LogP contribution in [0.25, 0.3) is 0 Å². The third kappa shape index (κ3) is 3.84. The summed E-state index contributed by atoms with van der Waals surface area (Å²) >= 11 is 7.19. The summed E-state index contributed by atoms with van der Waals surface area (Å²) in [5.41, 5.74) is 6.67. The quantitative estimate of drug-likeness (QED) is 0.635. The van der Waals surface area contributed by atoms with Gasteiger partial charge in [0.2, 0.25) is 0 Å². The summed E-state index contributed by atoms with van der Waals surface area (Å²) in [5, 5.41) is 0. The van der Waals surface area contributed by atoms with E-state index in [2.05, 4.69) is 37.5 Å². The molecule has 1 aromatic carbocycles. The number of benzene rings is 1. The zero-order valence-electron chi connectivity index (χ0n) is 10.2. The van der Waals surface area contributed by atoms with Crippen molar-refractivity contribution >= 4 is 51.3 Å². The van der Waals surface area contributed by atoms with Crippen LogP contribution in [0.5, 0.6) is 0 Å². The number of hydrogen-bond donors (Lipinski definition) is 1. The van der Waals surface area contributed by atoms with Gasteiger partial charge in [-0.2, -0.15) is 0 Å². The van der Waals surface area contributed by atoms with Crippen LogP contribution in [0.1, 0.15) is 6.42 Å². The van der Waals surface area contributed by atoms with Crippen LogP contribution in [-0.4, -0.2) is 21.5 Å². The molecule has 0 saturated heterocycles. The average molecular weight is 384 g/mol. The van der Waals surface area contributed by atoms with E-state index in [9.17, 15) is 0 Å². The fraction of sp³-hybridized carbons (Fsp3) is 0.154. The Morgan fingerprint density at radius 1 is 1.32 bits per heavy atom. The Morgan fingerprint density at radius 2 is 2.05 bits per heavy atom. The Labute approximate surface area is 131 Å². The molecule has 2 N–H and O–H groups in total. The van der Waals surface area contributed by atoms with E-state index in [4.69, 9.17) is 18.0 Å². The van der Waals surface area contributed by atoms with Gasteiger partial charge in [-0.1, -0.05) is 30.4 Å². The molecule has 2 aromatic rings. The fourth-order valence-corrected chi connectivity index (χ4v) is 2.37. The number of aromatic nitrogens is 2. The maximum absolute atomic E-state index is 5.61. The molecule has 0 aliphatic rings. The van der Waals surface area contributed by atoms with Crippen LogP contribution in [-0.2, 0) is 0 Å². The maximum atomic E-state index is 5.61. The first-order valence-electron chi connectivity index (χ1n) is 5.75. The van der Waals surface area contributed by atoms with Crippen molar-refractivity contribution in [2.24, 2.45) is 5.73 Å². The van der Waals surface area contributed by atoms with Crippen molar-refractivity contribution in [1.29, 1.82) is 0 Å². The largest absolute Gasteiger partial charge is 0.393 e. The van der Waals surface area contributed by atoms with Crippen LogP contribution < -0.4 is 10.6 Å². The van der Waals surface area contributed by atoms with Gasteiger partial charge in [-0.15, -0.1) is 0 Å². The number of halogens is 1. The van der Waals surface area contributed by atoms with Crippen molar-refractivity contribution in [2.75, 3.05) is 11.4 Å². The summed E-state index contributed by atoms with van der Waals surface area (Å²) in [6.07, 6.45) is 3.98. The van der Waals surface area contributed by atoms with Crippen molar-refractivity contribution in [3.05, 3.63) is 46.4 Å². The SMILES string of the molecule is NC(=S)CCN(c1ccccc1)c1ncncc1I. The third-order valence-electron chi connectivity index (χ3n) is 2.55. The fourth-order valence-electron chi connectivity index (χ4n) is 1.69. The molecule has 1 heterocycles. The van der Waals surface area contributed by atoms with Gasteiger partial charge in [0.25, 0.3) is 0 Å². The molecule has 19 heavy (non-hydrogen) atoms. The van der Waals surface area contributed by atoms with Gasteiger partial charge in [0.1, 0.15) is 12.1 Å². The van der Waals surface area contributed by atoms with Crippen LogP contribution in [0.4, 0.5) is 11.5 Å². The molecule has 0 radical (unpaired) electrons. The predicted molar refractivity (Wildman–Crippen MR) is 89.6 cm³/mol. The van der Waals surface area contributed by atoms with E-state index in [1.807, 2.05) is 30.3 Å². The van der Waals surface area contributed by atoms with Crippen molar-refractivity contribution in [2.45, 2.75) is 6.42 Å². The highest BCUT2D eigenvalue weighted by Crippen LogP contribution is 2.26. The van der Waals surface area contributed by atoms with Gasteiger partial charge in [0, 0.05) is 24.8 Å². The molecule has 98 valence electrons. The Kier molecular flexibility index (Phi) is 5.03. The first kappa shape index (κ1) is 14.1. The summed E-state index contributed by atoms with van der Waals surface area (Å²) in [5.74, 6) is 0.873. The minimum absolute atomic E-state index is 0.505. The minimum Gasteiger partial charge on any atom is -0.393 e. The van der Waals surface area contributed by atoms with Crippen LogP contribution in [0, 0.1) is 3.57 Å². The van der Waals surface area contributed by atoms with E-state index in [1.165, 1.54) is 0 Å².